The highest BCUT2D eigenvalue weighted by molar-refractivity contribution is 5.77. The average molecular weight is 337 g/mol. The number of hydrogen-bond acceptors (Lipinski definition) is 3. The van der Waals surface area contributed by atoms with Crippen LogP contribution in [0.25, 0.3) is 11.0 Å². The van der Waals surface area contributed by atoms with Gasteiger partial charge in [0, 0.05) is 13.0 Å². The zero-order valence-electron chi connectivity index (χ0n) is 14.6. The lowest BCUT2D eigenvalue weighted by Crippen LogP contribution is -2.30. The van der Waals surface area contributed by atoms with Crippen molar-refractivity contribution < 1.29 is 9.53 Å². The summed E-state index contributed by atoms with van der Waals surface area (Å²) in [6.45, 7) is 4.62. The maximum atomic E-state index is 11.9. The van der Waals surface area contributed by atoms with Gasteiger partial charge in [0.25, 0.3) is 5.91 Å². The Labute approximate surface area is 147 Å². The first-order valence-electron chi connectivity index (χ1n) is 8.52. The van der Waals surface area contributed by atoms with E-state index < -0.39 is 0 Å². The molecule has 1 aromatic heterocycles. The van der Waals surface area contributed by atoms with Crippen molar-refractivity contribution in [1.82, 2.24) is 15.3 Å². The number of imidazole rings is 1. The van der Waals surface area contributed by atoms with E-state index in [0.717, 1.165) is 46.6 Å². The highest BCUT2D eigenvalue weighted by atomic mass is 16.5. The molecular formula is C20H23N3O2. The van der Waals surface area contributed by atoms with Crippen LogP contribution >= 0.6 is 0 Å². The summed E-state index contributed by atoms with van der Waals surface area (Å²) in [6, 6.07) is 13.9. The molecular weight excluding hydrogens is 314 g/mol. The minimum absolute atomic E-state index is 0.0366. The first kappa shape index (κ1) is 17.0. The molecule has 0 fully saturated rings. The van der Waals surface area contributed by atoms with Gasteiger partial charge in [-0.15, -0.1) is 0 Å². The quantitative estimate of drug-likeness (QED) is 0.650. The Morgan fingerprint density at radius 3 is 2.88 bits per heavy atom. The molecule has 5 heteroatoms. The summed E-state index contributed by atoms with van der Waals surface area (Å²) in [4.78, 5) is 19.7. The topological polar surface area (TPSA) is 67.0 Å². The number of H-pyrrole nitrogens is 1. The van der Waals surface area contributed by atoms with E-state index in [9.17, 15) is 4.79 Å². The van der Waals surface area contributed by atoms with Gasteiger partial charge in [-0.3, -0.25) is 4.79 Å². The second-order valence-electron chi connectivity index (χ2n) is 6.21. The summed E-state index contributed by atoms with van der Waals surface area (Å²) in [5.74, 6) is 1.60. The second-order valence-corrected chi connectivity index (χ2v) is 6.21. The van der Waals surface area contributed by atoms with Gasteiger partial charge >= 0.3 is 0 Å². The molecule has 3 rings (SSSR count). The molecule has 0 aliphatic heterocycles. The SMILES string of the molecule is Cc1ccc(C)c(OCC(=O)NCCCc2nc3ccccc3[nH]2)c1. The van der Waals surface area contributed by atoms with Crippen LogP contribution in [-0.2, 0) is 11.2 Å². The predicted octanol–water partition coefficient (Wildman–Crippen LogP) is 3.31. The third-order valence-electron chi connectivity index (χ3n) is 4.05. The van der Waals surface area contributed by atoms with Gasteiger partial charge in [0.15, 0.2) is 6.61 Å². The number of nitrogens with zero attached hydrogens (tertiary/aromatic N) is 1. The van der Waals surface area contributed by atoms with Crippen molar-refractivity contribution in [3.8, 4) is 5.75 Å². The molecule has 0 saturated carbocycles. The van der Waals surface area contributed by atoms with Crippen molar-refractivity contribution in [2.24, 2.45) is 0 Å². The van der Waals surface area contributed by atoms with E-state index in [-0.39, 0.29) is 12.5 Å². The number of amides is 1. The van der Waals surface area contributed by atoms with Crippen molar-refractivity contribution in [1.29, 1.82) is 0 Å². The van der Waals surface area contributed by atoms with Crippen LogP contribution in [-0.4, -0.2) is 29.0 Å². The minimum atomic E-state index is -0.106. The van der Waals surface area contributed by atoms with E-state index in [2.05, 4.69) is 15.3 Å². The van der Waals surface area contributed by atoms with Crippen LogP contribution in [0.5, 0.6) is 5.75 Å². The number of aromatic nitrogens is 2. The predicted molar refractivity (Wildman–Crippen MR) is 98.8 cm³/mol. The van der Waals surface area contributed by atoms with E-state index in [1.807, 2.05) is 56.3 Å². The van der Waals surface area contributed by atoms with Gasteiger partial charge < -0.3 is 15.0 Å². The fraction of sp³-hybridized carbons (Fsp3) is 0.300. The van der Waals surface area contributed by atoms with E-state index >= 15 is 0 Å². The lowest BCUT2D eigenvalue weighted by atomic mass is 10.1. The molecule has 0 spiro atoms. The molecule has 0 bridgehead atoms. The van der Waals surface area contributed by atoms with Crippen LogP contribution in [0.1, 0.15) is 23.4 Å². The monoisotopic (exact) mass is 337 g/mol. The maximum Gasteiger partial charge on any atom is 0.257 e. The average Bonchev–Trinajstić information content (AvgIpc) is 3.02. The third-order valence-corrected chi connectivity index (χ3v) is 4.05. The molecule has 2 aromatic carbocycles. The van der Waals surface area contributed by atoms with Crippen LogP contribution in [0.4, 0.5) is 0 Å². The standard InChI is InChI=1S/C20H23N3O2/c1-14-9-10-15(2)18(12-14)25-13-20(24)21-11-5-8-19-22-16-6-3-4-7-17(16)23-19/h3-4,6-7,9-10,12H,5,8,11,13H2,1-2H3,(H,21,24)(H,22,23). The lowest BCUT2D eigenvalue weighted by molar-refractivity contribution is -0.123. The number of ether oxygens (including phenoxy) is 1. The molecule has 2 N–H and O–H groups in total. The molecule has 0 saturated heterocycles. The highest BCUT2D eigenvalue weighted by Gasteiger charge is 2.06. The van der Waals surface area contributed by atoms with Crippen LogP contribution < -0.4 is 10.1 Å². The maximum absolute atomic E-state index is 11.9. The van der Waals surface area contributed by atoms with E-state index in [1.54, 1.807) is 0 Å². The number of benzene rings is 2. The van der Waals surface area contributed by atoms with Gasteiger partial charge in [-0.1, -0.05) is 24.3 Å². The molecule has 3 aromatic rings. The summed E-state index contributed by atoms with van der Waals surface area (Å²) in [6.07, 6.45) is 1.63. The fourth-order valence-corrected chi connectivity index (χ4v) is 2.66. The zero-order chi connectivity index (χ0) is 17.6. The normalized spacial score (nSPS) is 10.8. The van der Waals surface area contributed by atoms with Crippen molar-refractivity contribution in [2.45, 2.75) is 26.7 Å². The molecule has 5 nitrogen and oxygen atoms in total. The van der Waals surface area contributed by atoms with Crippen LogP contribution in [0.15, 0.2) is 42.5 Å². The number of para-hydroxylation sites is 2. The summed E-state index contributed by atoms with van der Waals surface area (Å²) >= 11 is 0. The van der Waals surface area contributed by atoms with E-state index in [0.29, 0.717) is 6.54 Å². The number of hydrogen-bond donors (Lipinski definition) is 2. The van der Waals surface area contributed by atoms with Crippen molar-refractivity contribution in [2.75, 3.05) is 13.2 Å². The second kappa shape index (κ2) is 7.83. The number of nitrogens with one attached hydrogen (secondary N) is 2. The summed E-state index contributed by atoms with van der Waals surface area (Å²) in [5.41, 5.74) is 4.17. The van der Waals surface area contributed by atoms with Crippen LogP contribution in [0.3, 0.4) is 0 Å². The summed E-state index contributed by atoms with van der Waals surface area (Å²) < 4.78 is 5.60. The van der Waals surface area contributed by atoms with Gasteiger partial charge in [0.1, 0.15) is 11.6 Å². The zero-order valence-corrected chi connectivity index (χ0v) is 14.6. The molecule has 1 heterocycles. The van der Waals surface area contributed by atoms with Gasteiger partial charge in [0.2, 0.25) is 0 Å². The number of fused-ring (bicyclic) bond motifs is 1. The molecule has 1 amide bonds. The van der Waals surface area contributed by atoms with Crippen LogP contribution in [0, 0.1) is 13.8 Å². The Bertz CT molecular complexity index is 837. The smallest absolute Gasteiger partial charge is 0.257 e. The highest BCUT2D eigenvalue weighted by Crippen LogP contribution is 2.18. The van der Waals surface area contributed by atoms with E-state index in [4.69, 9.17) is 4.74 Å². The lowest BCUT2D eigenvalue weighted by Gasteiger charge is -2.10. The van der Waals surface area contributed by atoms with Crippen LogP contribution in [0.2, 0.25) is 0 Å². The minimum Gasteiger partial charge on any atom is -0.483 e. The molecule has 0 atom stereocenters. The number of rotatable bonds is 7. The third kappa shape index (κ3) is 4.59. The largest absolute Gasteiger partial charge is 0.483 e. The Balaban J connectivity index is 1.39. The first-order chi connectivity index (χ1) is 12.1. The fourth-order valence-electron chi connectivity index (χ4n) is 2.66. The van der Waals surface area contributed by atoms with Crippen molar-refractivity contribution >= 4 is 16.9 Å². The molecule has 0 unspecified atom stereocenters. The Morgan fingerprint density at radius 2 is 2.04 bits per heavy atom. The Morgan fingerprint density at radius 1 is 1.20 bits per heavy atom. The first-order valence-corrected chi connectivity index (χ1v) is 8.52. The Kier molecular flexibility index (Phi) is 5.33. The molecule has 0 radical (unpaired) electrons. The molecule has 130 valence electrons. The summed E-state index contributed by atoms with van der Waals surface area (Å²) in [7, 11) is 0. The number of aryl methyl sites for hydroxylation is 3. The number of aromatic amines is 1. The van der Waals surface area contributed by atoms with E-state index in [1.165, 1.54) is 0 Å². The molecule has 25 heavy (non-hydrogen) atoms. The number of carbonyl (C=O) groups is 1. The number of carbonyl (C=O) groups excluding carboxylic acids is 1. The van der Waals surface area contributed by atoms with Gasteiger partial charge in [0.05, 0.1) is 11.0 Å². The molecule has 0 aliphatic carbocycles. The van der Waals surface area contributed by atoms with Crippen molar-refractivity contribution in [3.63, 3.8) is 0 Å². The Hall–Kier alpha value is -2.82. The van der Waals surface area contributed by atoms with Gasteiger partial charge in [-0.2, -0.15) is 0 Å². The van der Waals surface area contributed by atoms with Gasteiger partial charge in [-0.05, 0) is 49.6 Å². The van der Waals surface area contributed by atoms with Gasteiger partial charge in [-0.25, -0.2) is 4.98 Å². The summed E-state index contributed by atoms with van der Waals surface area (Å²) in [5, 5.41) is 2.89. The van der Waals surface area contributed by atoms with Crippen molar-refractivity contribution in [3.05, 3.63) is 59.4 Å². The molecule has 0 aliphatic rings.